The first-order chi connectivity index (χ1) is 12.6. The zero-order chi connectivity index (χ0) is 19.8. The molecule has 0 saturated carbocycles. The fourth-order valence-electron chi connectivity index (χ4n) is 3.71. The van der Waals surface area contributed by atoms with Gasteiger partial charge in [0.05, 0.1) is 35.0 Å². The van der Waals surface area contributed by atoms with Gasteiger partial charge in [0.2, 0.25) is 0 Å². The smallest absolute Gasteiger partial charge is 0.255 e. The van der Waals surface area contributed by atoms with Crippen LogP contribution in [0.25, 0.3) is 0 Å². The number of likely N-dealkylation sites (tertiary alicyclic amines) is 1. The summed E-state index contributed by atoms with van der Waals surface area (Å²) in [6, 6.07) is 1.48. The fourth-order valence-corrected chi connectivity index (χ4v) is 3.93. The molecule has 0 unspecified atom stereocenters. The van der Waals surface area contributed by atoms with Crippen molar-refractivity contribution in [2.75, 3.05) is 38.5 Å². The first-order valence-corrected chi connectivity index (χ1v) is 9.61. The molecule has 4 N–H and O–H groups in total. The van der Waals surface area contributed by atoms with Gasteiger partial charge in [0.15, 0.2) is 0 Å². The minimum Gasteiger partial charge on any atom is -0.492 e. The van der Waals surface area contributed by atoms with Gasteiger partial charge in [0.1, 0.15) is 11.4 Å². The number of piperidine rings is 1. The van der Waals surface area contributed by atoms with Crippen LogP contribution in [0, 0.1) is 0 Å². The third-order valence-electron chi connectivity index (χ3n) is 5.14. The van der Waals surface area contributed by atoms with E-state index < -0.39 is 17.2 Å². The summed E-state index contributed by atoms with van der Waals surface area (Å²) in [5.74, 6) is 0.0355. The van der Waals surface area contributed by atoms with Crippen LogP contribution in [-0.2, 0) is 6.42 Å². The third-order valence-corrected chi connectivity index (χ3v) is 5.46. The van der Waals surface area contributed by atoms with Crippen LogP contribution in [0.5, 0.6) is 5.75 Å². The minimum atomic E-state index is -1.46. The summed E-state index contributed by atoms with van der Waals surface area (Å²) in [5.41, 5.74) is 5.14. The van der Waals surface area contributed by atoms with Crippen molar-refractivity contribution in [1.29, 1.82) is 0 Å². The average molecular weight is 400 g/mol. The molecule has 0 aliphatic carbocycles. The Balaban J connectivity index is 1.60. The van der Waals surface area contributed by atoms with E-state index in [1.807, 2.05) is 4.90 Å². The lowest BCUT2D eigenvalue weighted by Crippen LogP contribution is -2.50. The second-order valence-electron chi connectivity index (χ2n) is 8.15. The van der Waals surface area contributed by atoms with E-state index in [9.17, 15) is 9.90 Å². The Morgan fingerprint density at radius 3 is 2.78 bits per heavy atom. The number of nitrogens with two attached hydrogens (primary N) is 1. The van der Waals surface area contributed by atoms with E-state index in [0.717, 1.165) is 5.56 Å². The Morgan fingerprint density at radius 1 is 1.48 bits per heavy atom. The van der Waals surface area contributed by atoms with Crippen molar-refractivity contribution in [3.63, 3.8) is 0 Å². The summed E-state index contributed by atoms with van der Waals surface area (Å²) in [7, 11) is 0. The maximum atomic E-state index is 15.1. The maximum Gasteiger partial charge on any atom is 0.255 e. The molecule has 1 amide bonds. The van der Waals surface area contributed by atoms with E-state index in [4.69, 9.17) is 22.1 Å². The first kappa shape index (κ1) is 20.2. The lowest BCUT2D eigenvalue weighted by atomic mass is 9.92. The SMILES string of the molecule is CC(C)(O)CN1CCC(F)(CNC(=O)c2cc(Cl)c(N)c3c2OCC3)CC1. The molecule has 1 fully saturated rings. The number of hydrogen-bond donors (Lipinski definition) is 3. The summed E-state index contributed by atoms with van der Waals surface area (Å²) in [4.78, 5) is 14.6. The van der Waals surface area contributed by atoms with Gasteiger partial charge in [0.25, 0.3) is 5.91 Å². The van der Waals surface area contributed by atoms with Gasteiger partial charge >= 0.3 is 0 Å². The number of alkyl halides is 1. The second kappa shape index (κ2) is 7.45. The van der Waals surface area contributed by atoms with Crippen molar-refractivity contribution in [2.45, 2.75) is 44.4 Å². The van der Waals surface area contributed by atoms with Crippen LogP contribution in [0.2, 0.25) is 5.02 Å². The van der Waals surface area contributed by atoms with Crippen molar-refractivity contribution < 1.29 is 19.0 Å². The van der Waals surface area contributed by atoms with Gasteiger partial charge in [-0.05, 0) is 32.8 Å². The van der Waals surface area contributed by atoms with E-state index in [1.54, 1.807) is 13.8 Å². The van der Waals surface area contributed by atoms with Crippen molar-refractivity contribution >= 4 is 23.2 Å². The number of halogens is 2. The molecule has 8 heteroatoms. The van der Waals surface area contributed by atoms with Crippen LogP contribution in [-0.4, -0.2) is 60.0 Å². The summed E-state index contributed by atoms with van der Waals surface area (Å²) < 4.78 is 20.6. The molecule has 0 bridgehead atoms. The van der Waals surface area contributed by atoms with E-state index >= 15 is 4.39 Å². The highest BCUT2D eigenvalue weighted by atomic mass is 35.5. The molecule has 6 nitrogen and oxygen atoms in total. The van der Waals surface area contributed by atoms with E-state index in [-0.39, 0.29) is 6.54 Å². The van der Waals surface area contributed by atoms with Crippen LogP contribution < -0.4 is 15.8 Å². The van der Waals surface area contributed by atoms with Crippen LogP contribution in [0.1, 0.15) is 42.6 Å². The molecular formula is C19H27ClFN3O3. The number of nitrogen functional groups attached to an aromatic ring is 1. The van der Waals surface area contributed by atoms with Gasteiger partial charge in [-0.2, -0.15) is 0 Å². The van der Waals surface area contributed by atoms with Crippen molar-refractivity contribution in [3.8, 4) is 5.75 Å². The fraction of sp³-hybridized carbons (Fsp3) is 0.632. The standard InChI is InChI=1S/C19H27ClFN3O3/c1-18(2,26)11-24-6-4-19(21,5-7-24)10-23-17(25)13-9-14(20)15(22)12-3-8-27-16(12)13/h9,26H,3-8,10-11,22H2,1-2H3,(H,23,25). The number of aliphatic hydroxyl groups is 1. The Hall–Kier alpha value is -1.57. The van der Waals surface area contributed by atoms with E-state index in [1.165, 1.54) is 6.07 Å². The molecular weight excluding hydrogens is 373 g/mol. The van der Waals surface area contributed by atoms with Gasteiger partial charge in [0, 0.05) is 31.6 Å². The van der Waals surface area contributed by atoms with Crippen LogP contribution in [0.3, 0.4) is 0 Å². The highest BCUT2D eigenvalue weighted by molar-refractivity contribution is 6.33. The molecule has 2 aliphatic rings. The molecule has 2 aliphatic heterocycles. The summed E-state index contributed by atoms with van der Waals surface area (Å²) in [6.45, 7) is 5.45. The molecule has 1 aromatic carbocycles. The Morgan fingerprint density at radius 2 is 2.15 bits per heavy atom. The number of carbonyl (C=O) groups excluding carboxylic acids is 1. The predicted molar refractivity (Wildman–Crippen MR) is 103 cm³/mol. The molecule has 0 spiro atoms. The number of hydrogen-bond acceptors (Lipinski definition) is 5. The van der Waals surface area contributed by atoms with E-state index in [0.29, 0.717) is 67.5 Å². The van der Waals surface area contributed by atoms with Gasteiger partial charge in [-0.25, -0.2) is 4.39 Å². The molecule has 0 atom stereocenters. The maximum absolute atomic E-state index is 15.1. The normalized spacial score (nSPS) is 19.4. The monoisotopic (exact) mass is 399 g/mol. The molecule has 0 radical (unpaired) electrons. The van der Waals surface area contributed by atoms with Crippen molar-refractivity contribution in [2.24, 2.45) is 0 Å². The van der Waals surface area contributed by atoms with Gasteiger partial charge in [-0.1, -0.05) is 11.6 Å². The summed E-state index contributed by atoms with van der Waals surface area (Å²) >= 11 is 6.13. The third kappa shape index (κ3) is 4.65. The molecule has 0 aromatic heterocycles. The predicted octanol–water partition coefficient (Wildman–Crippen LogP) is 2.16. The van der Waals surface area contributed by atoms with Gasteiger partial charge in [-0.15, -0.1) is 0 Å². The zero-order valence-corrected chi connectivity index (χ0v) is 16.5. The molecule has 27 heavy (non-hydrogen) atoms. The number of anilines is 1. The van der Waals surface area contributed by atoms with Crippen molar-refractivity contribution in [1.82, 2.24) is 10.2 Å². The number of fused-ring (bicyclic) bond motifs is 1. The summed E-state index contributed by atoms with van der Waals surface area (Å²) in [6.07, 6.45) is 1.22. The number of rotatable bonds is 5. The van der Waals surface area contributed by atoms with Crippen LogP contribution >= 0.6 is 11.6 Å². The Kier molecular flexibility index (Phi) is 5.57. The molecule has 150 valence electrons. The number of β-amino-alcohol motifs (C(OH)–C–C–N with tert-alkyl or cyclic N) is 1. The minimum absolute atomic E-state index is 0.0705. The number of benzene rings is 1. The number of nitrogens with zero attached hydrogens (tertiary/aromatic N) is 1. The highest BCUT2D eigenvalue weighted by Crippen LogP contribution is 2.38. The quantitative estimate of drug-likeness (QED) is 0.660. The lowest BCUT2D eigenvalue weighted by molar-refractivity contribution is -0.000330. The van der Waals surface area contributed by atoms with Crippen LogP contribution in [0.15, 0.2) is 6.07 Å². The Bertz CT molecular complexity index is 728. The first-order valence-electron chi connectivity index (χ1n) is 9.23. The molecule has 1 saturated heterocycles. The number of ether oxygens (including phenoxy) is 1. The molecule has 3 rings (SSSR count). The van der Waals surface area contributed by atoms with E-state index in [2.05, 4.69) is 5.32 Å². The van der Waals surface area contributed by atoms with Crippen molar-refractivity contribution in [3.05, 3.63) is 22.2 Å². The lowest BCUT2D eigenvalue weighted by Gasteiger charge is -2.38. The number of nitrogens with one attached hydrogen (secondary N) is 1. The van der Waals surface area contributed by atoms with Crippen LogP contribution in [0.4, 0.5) is 10.1 Å². The summed E-state index contributed by atoms with van der Waals surface area (Å²) in [5, 5.41) is 12.9. The zero-order valence-electron chi connectivity index (χ0n) is 15.8. The number of amides is 1. The van der Waals surface area contributed by atoms with Gasteiger partial charge in [-0.3, -0.25) is 4.79 Å². The Labute approximate surface area is 163 Å². The highest BCUT2D eigenvalue weighted by Gasteiger charge is 2.36. The average Bonchev–Trinajstić information content (AvgIpc) is 3.07. The second-order valence-corrected chi connectivity index (χ2v) is 8.56. The van der Waals surface area contributed by atoms with Gasteiger partial charge < -0.3 is 25.8 Å². The molecule has 1 aromatic rings. The molecule has 2 heterocycles. The largest absolute Gasteiger partial charge is 0.492 e. The number of carbonyl (C=O) groups is 1. The topological polar surface area (TPSA) is 87.8 Å².